The van der Waals surface area contributed by atoms with Crippen molar-refractivity contribution >= 4 is 36.9 Å². The first kappa shape index (κ1) is 25.2. The van der Waals surface area contributed by atoms with Gasteiger partial charge in [-0.3, -0.25) is 9.36 Å². The van der Waals surface area contributed by atoms with Gasteiger partial charge in [0.25, 0.3) is 5.56 Å². The van der Waals surface area contributed by atoms with Crippen LogP contribution in [-0.2, 0) is 14.8 Å². The monoisotopic (exact) mass is 555 g/mol. The molecule has 3 aromatic carbocycles. The minimum absolute atomic E-state index is 0.0899. The summed E-state index contributed by atoms with van der Waals surface area (Å²) in [7, 11) is -2.41. The van der Waals surface area contributed by atoms with E-state index in [1.54, 1.807) is 55.5 Å². The third kappa shape index (κ3) is 5.08. The lowest BCUT2D eigenvalue weighted by Crippen LogP contribution is -2.39. The molecule has 1 unspecified atom stereocenters. The second-order valence-corrected chi connectivity index (χ2v) is 11.0. The molecule has 0 aliphatic heterocycles. The van der Waals surface area contributed by atoms with Gasteiger partial charge in [0.1, 0.15) is 5.82 Å². The van der Waals surface area contributed by atoms with Crippen molar-refractivity contribution in [2.45, 2.75) is 24.8 Å². The van der Waals surface area contributed by atoms with Gasteiger partial charge in [0, 0.05) is 18.1 Å². The molecule has 7 nitrogen and oxygen atoms in total. The van der Waals surface area contributed by atoms with Gasteiger partial charge < -0.3 is 4.74 Å². The molecule has 35 heavy (non-hydrogen) atoms. The number of aromatic nitrogens is 2. The van der Waals surface area contributed by atoms with Gasteiger partial charge in [-0.1, -0.05) is 45.8 Å². The third-order valence-electron chi connectivity index (χ3n) is 5.84. The van der Waals surface area contributed by atoms with Crippen LogP contribution in [0, 0.1) is 6.92 Å². The Morgan fingerprint density at radius 1 is 1.03 bits per heavy atom. The van der Waals surface area contributed by atoms with Crippen molar-refractivity contribution < 1.29 is 13.2 Å². The van der Waals surface area contributed by atoms with Crippen LogP contribution in [0.4, 0.5) is 0 Å². The van der Waals surface area contributed by atoms with Crippen LogP contribution in [0.1, 0.15) is 24.4 Å². The number of hydrogen-bond donors (Lipinski definition) is 0. The fraction of sp³-hybridized carbons (Fsp3) is 0.231. The molecule has 0 bridgehead atoms. The van der Waals surface area contributed by atoms with Gasteiger partial charge in [-0.15, -0.1) is 0 Å². The van der Waals surface area contributed by atoms with Crippen molar-refractivity contribution in [3.63, 3.8) is 0 Å². The Bertz CT molecular complexity index is 1500. The zero-order chi connectivity index (χ0) is 25.2. The van der Waals surface area contributed by atoms with E-state index in [1.807, 2.05) is 31.2 Å². The number of para-hydroxylation sites is 1. The van der Waals surface area contributed by atoms with E-state index in [1.165, 1.54) is 16.0 Å². The van der Waals surface area contributed by atoms with E-state index in [0.29, 0.717) is 22.4 Å². The number of benzene rings is 3. The van der Waals surface area contributed by atoms with Crippen LogP contribution >= 0.6 is 15.9 Å². The Labute approximate surface area is 213 Å². The van der Waals surface area contributed by atoms with E-state index < -0.39 is 16.1 Å². The third-order valence-corrected chi connectivity index (χ3v) is 8.35. The molecule has 0 fully saturated rings. The summed E-state index contributed by atoms with van der Waals surface area (Å²) in [6.07, 6.45) is 0. The standard InChI is InChI=1S/C26H26BrN3O4S/c1-18-8-12-21(13-9-18)30-25(28-24-7-5-4-6-23(24)26(30)31)19(2)29(16-17-34-3)35(32,33)22-14-10-20(27)11-15-22/h4-15,19H,16-17H2,1-3H3. The Kier molecular flexibility index (Phi) is 7.51. The van der Waals surface area contributed by atoms with Crippen molar-refractivity contribution in [3.8, 4) is 5.69 Å². The molecule has 0 spiro atoms. The molecule has 0 saturated carbocycles. The predicted molar refractivity (Wildman–Crippen MR) is 140 cm³/mol. The fourth-order valence-corrected chi connectivity index (χ4v) is 5.79. The number of aryl methyl sites for hydroxylation is 1. The summed E-state index contributed by atoms with van der Waals surface area (Å²) in [5, 5.41) is 0.461. The lowest BCUT2D eigenvalue weighted by molar-refractivity contribution is 0.166. The Morgan fingerprint density at radius 2 is 1.69 bits per heavy atom. The maximum Gasteiger partial charge on any atom is 0.266 e. The SMILES string of the molecule is COCCN(C(C)c1nc2ccccc2c(=O)n1-c1ccc(C)cc1)S(=O)(=O)c1ccc(Br)cc1. The zero-order valence-corrected chi connectivity index (χ0v) is 22.1. The number of nitrogens with zero attached hydrogens (tertiary/aromatic N) is 3. The molecular weight excluding hydrogens is 530 g/mol. The molecule has 182 valence electrons. The number of hydrogen-bond acceptors (Lipinski definition) is 5. The Balaban J connectivity index is 1.94. The zero-order valence-electron chi connectivity index (χ0n) is 19.7. The second kappa shape index (κ2) is 10.4. The maximum atomic E-state index is 13.7. The Morgan fingerprint density at radius 3 is 2.34 bits per heavy atom. The van der Waals surface area contributed by atoms with Crippen molar-refractivity contribution in [1.82, 2.24) is 13.9 Å². The summed E-state index contributed by atoms with van der Waals surface area (Å²) in [5.41, 5.74) is 1.92. The number of rotatable bonds is 8. The van der Waals surface area contributed by atoms with Gasteiger partial charge in [0.05, 0.1) is 34.1 Å². The maximum absolute atomic E-state index is 13.7. The minimum Gasteiger partial charge on any atom is -0.383 e. The van der Waals surface area contributed by atoms with Crippen LogP contribution in [0.2, 0.25) is 0 Å². The van der Waals surface area contributed by atoms with Crippen LogP contribution < -0.4 is 5.56 Å². The molecule has 0 aliphatic rings. The van der Waals surface area contributed by atoms with E-state index in [2.05, 4.69) is 15.9 Å². The molecule has 4 aromatic rings. The molecule has 1 aromatic heterocycles. The van der Waals surface area contributed by atoms with E-state index in [-0.39, 0.29) is 23.6 Å². The molecule has 0 saturated heterocycles. The Hall–Kier alpha value is -2.85. The highest BCUT2D eigenvalue weighted by Gasteiger charge is 2.33. The molecule has 4 rings (SSSR count). The van der Waals surface area contributed by atoms with Crippen LogP contribution in [0.25, 0.3) is 16.6 Å². The topological polar surface area (TPSA) is 81.5 Å². The van der Waals surface area contributed by atoms with Crippen molar-refractivity contribution in [3.05, 3.63) is 99.0 Å². The van der Waals surface area contributed by atoms with Gasteiger partial charge in [-0.2, -0.15) is 4.31 Å². The summed E-state index contributed by atoms with van der Waals surface area (Å²) in [6, 6.07) is 20.3. The van der Waals surface area contributed by atoms with E-state index in [4.69, 9.17) is 9.72 Å². The quantitative estimate of drug-likeness (QED) is 0.310. The van der Waals surface area contributed by atoms with Gasteiger partial charge in [-0.05, 0) is 62.4 Å². The first-order valence-electron chi connectivity index (χ1n) is 11.1. The van der Waals surface area contributed by atoms with Gasteiger partial charge in [0.15, 0.2) is 0 Å². The molecule has 0 N–H and O–H groups in total. The van der Waals surface area contributed by atoms with Gasteiger partial charge >= 0.3 is 0 Å². The highest BCUT2D eigenvalue weighted by atomic mass is 79.9. The molecule has 0 amide bonds. The second-order valence-electron chi connectivity index (χ2n) is 8.20. The lowest BCUT2D eigenvalue weighted by atomic mass is 10.2. The molecule has 9 heteroatoms. The highest BCUT2D eigenvalue weighted by molar-refractivity contribution is 9.10. The van der Waals surface area contributed by atoms with Crippen LogP contribution in [0.3, 0.4) is 0 Å². The average Bonchev–Trinajstić information content (AvgIpc) is 2.85. The van der Waals surface area contributed by atoms with Gasteiger partial charge in [-0.25, -0.2) is 13.4 Å². The van der Waals surface area contributed by atoms with Crippen molar-refractivity contribution in [1.29, 1.82) is 0 Å². The number of fused-ring (bicyclic) bond motifs is 1. The summed E-state index contributed by atoms with van der Waals surface area (Å²) in [5.74, 6) is 0.328. The van der Waals surface area contributed by atoms with E-state index in [9.17, 15) is 13.2 Å². The smallest absolute Gasteiger partial charge is 0.266 e. The molecule has 0 radical (unpaired) electrons. The molecule has 1 heterocycles. The average molecular weight is 556 g/mol. The first-order valence-corrected chi connectivity index (χ1v) is 13.3. The summed E-state index contributed by atoms with van der Waals surface area (Å²) in [4.78, 5) is 18.6. The number of methoxy groups -OCH3 is 1. The summed E-state index contributed by atoms with van der Waals surface area (Å²) >= 11 is 3.35. The normalized spacial score (nSPS) is 12.8. The molecular formula is C26H26BrN3O4S. The predicted octanol–water partition coefficient (Wildman–Crippen LogP) is 4.85. The van der Waals surface area contributed by atoms with Crippen molar-refractivity contribution in [2.24, 2.45) is 0 Å². The van der Waals surface area contributed by atoms with Gasteiger partial charge in [0.2, 0.25) is 10.0 Å². The largest absolute Gasteiger partial charge is 0.383 e. The lowest BCUT2D eigenvalue weighted by Gasteiger charge is -2.29. The number of halogens is 1. The van der Waals surface area contributed by atoms with Crippen molar-refractivity contribution in [2.75, 3.05) is 20.3 Å². The van der Waals surface area contributed by atoms with E-state index in [0.717, 1.165) is 10.0 Å². The first-order chi connectivity index (χ1) is 16.7. The van der Waals surface area contributed by atoms with Crippen LogP contribution in [0.5, 0.6) is 0 Å². The summed E-state index contributed by atoms with van der Waals surface area (Å²) in [6.45, 7) is 3.98. The molecule has 1 atom stereocenters. The number of sulfonamides is 1. The minimum atomic E-state index is -3.93. The van der Waals surface area contributed by atoms with Crippen LogP contribution in [-0.4, -0.2) is 42.5 Å². The fourth-order valence-electron chi connectivity index (χ4n) is 3.95. The molecule has 0 aliphatic carbocycles. The van der Waals surface area contributed by atoms with Crippen LogP contribution in [0.15, 0.2) is 87.0 Å². The summed E-state index contributed by atoms with van der Waals surface area (Å²) < 4.78 is 36.3. The van der Waals surface area contributed by atoms with E-state index >= 15 is 0 Å². The highest BCUT2D eigenvalue weighted by Crippen LogP contribution is 2.29. The number of ether oxygens (including phenoxy) is 1.